The summed E-state index contributed by atoms with van der Waals surface area (Å²) >= 11 is 1.56. The van der Waals surface area contributed by atoms with Crippen LogP contribution in [0.5, 0.6) is 17.2 Å². The lowest BCUT2D eigenvalue weighted by molar-refractivity contribution is -0.384. The highest BCUT2D eigenvalue weighted by molar-refractivity contribution is 7.99. The van der Waals surface area contributed by atoms with E-state index in [1.807, 2.05) is 35.1 Å². The maximum absolute atomic E-state index is 13.0. The summed E-state index contributed by atoms with van der Waals surface area (Å²) in [5.74, 6) is -0.123. The molecule has 0 saturated carbocycles. The Balaban J connectivity index is 1.41. The number of methoxy groups -OCH3 is 3. The molecule has 0 aliphatic heterocycles. The van der Waals surface area contributed by atoms with E-state index in [4.69, 9.17) is 14.2 Å². The van der Waals surface area contributed by atoms with Crippen molar-refractivity contribution in [3.8, 4) is 17.2 Å². The maximum atomic E-state index is 13.0. The first-order valence-corrected chi connectivity index (χ1v) is 16.0. The van der Waals surface area contributed by atoms with Crippen LogP contribution in [0.1, 0.15) is 20.7 Å². The van der Waals surface area contributed by atoms with E-state index in [1.54, 1.807) is 17.8 Å². The highest BCUT2D eigenvalue weighted by atomic mass is 32.2. The van der Waals surface area contributed by atoms with Gasteiger partial charge in [-0.2, -0.15) is 0 Å². The van der Waals surface area contributed by atoms with Gasteiger partial charge in [-0.05, 0) is 60.7 Å². The Morgan fingerprint density at radius 1 is 0.848 bits per heavy atom. The highest BCUT2D eigenvalue weighted by Crippen LogP contribution is 2.40. The van der Waals surface area contributed by atoms with Gasteiger partial charge in [-0.1, -0.05) is 18.2 Å². The average Bonchev–Trinajstić information content (AvgIpc) is 3.06. The average molecular weight is 667 g/mol. The number of nitro groups is 1. The summed E-state index contributed by atoms with van der Waals surface area (Å²) < 4.78 is 43.8. The fourth-order valence-electron chi connectivity index (χ4n) is 4.27. The van der Waals surface area contributed by atoms with Gasteiger partial charge in [-0.15, -0.1) is 11.8 Å². The molecule has 0 radical (unpaired) electrons. The zero-order chi connectivity index (χ0) is 33.3. The molecule has 4 aromatic carbocycles. The smallest absolute Gasteiger partial charge is 0.293 e. The van der Waals surface area contributed by atoms with Gasteiger partial charge in [0.2, 0.25) is 5.75 Å². The number of nitrogens with one attached hydrogen (secondary N) is 3. The van der Waals surface area contributed by atoms with Gasteiger partial charge in [0.15, 0.2) is 11.5 Å². The normalized spacial score (nSPS) is 10.8. The second kappa shape index (κ2) is 15.1. The number of nitrogens with zero attached hydrogens (tertiary/aromatic N) is 1. The first-order valence-electron chi connectivity index (χ1n) is 13.6. The fourth-order valence-corrected chi connectivity index (χ4v) is 6.06. The molecule has 3 N–H and O–H groups in total. The van der Waals surface area contributed by atoms with Crippen molar-refractivity contribution in [2.24, 2.45) is 0 Å². The molecule has 46 heavy (non-hydrogen) atoms. The standard InChI is InChI=1S/C31H30N4O9S2/c1-42-27-16-14-24(28(43-2)29(27)44-3)31(37)33-21-11-9-20(10-12-21)30(36)34-46(40,41)23-13-15-25(26(19-23)35(38)39)32-17-18-45-22-7-5-4-6-8-22/h4-16,19,32H,17-18H2,1-3H3,(H,33,37)(H,34,36). The predicted molar refractivity (Wildman–Crippen MR) is 174 cm³/mol. The monoisotopic (exact) mass is 666 g/mol. The lowest BCUT2D eigenvalue weighted by Crippen LogP contribution is -2.30. The summed E-state index contributed by atoms with van der Waals surface area (Å²) in [6.45, 7) is 0.390. The summed E-state index contributed by atoms with van der Waals surface area (Å²) in [6, 6.07) is 21.5. The number of carbonyl (C=O) groups is 2. The molecule has 4 rings (SSSR count). The Morgan fingerprint density at radius 3 is 2.17 bits per heavy atom. The van der Waals surface area contributed by atoms with Gasteiger partial charge in [0.1, 0.15) is 5.69 Å². The summed E-state index contributed by atoms with van der Waals surface area (Å²) in [5.41, 5.74) is 0.129. The zero-order valence-corrected chi connectivity index (χ0v) is 26.6. The SMILES string of the molecule is COc1ccc(C(=O)Nc2ccc(C(=O)NS(=O)(=O)c3ccc(NCCSc4ccccc4)c([N+](=O)[O-])c3)cc2)c(OC)c1OC. The van der Waals surface area contributed by atoms with E-state index in [1.165, 1.54) is 63.8 Å². The van der Waals surface area contributed by atoms with Crippen LogP contribution in [-0.4, -0.2) is 58.8 Å². The number of carbonyl (C=O) groups excluding carboxylic acids is 2. The summed E-state index contributed by atoms with van der Waals surface area (Å²) in [6.07, 6.45) is 0. The van der Waals surface area contributed by atoms with Crippen LogP contribution in [0.2, 0.25) is 0 Å². The topological polar surface area (TPSA) is 175 Å². The number of rotatable bonds is 14. The van der Waals surface area contributed by atoms with E-state index >= 15 is 0 Å². The van der Waals surface area contributed by atoms with Gasteiger partial charge in [0, 0.05) is 34.5 Å². The minimum absolute atomic E-state index is 0.0334. The van der Waals surface area contributed by atoms with Crippen LogP contribution in [0.4, 0.5) is 17.1 Å². The fraction of sp³-hybridized carbons (Fsp3) is 0.161. The molecule has 0 unspecified atom stereocenters. The molecular formula is C31H30N4O9S2. The quantitative estimate of drug-likeness (QED) is 0.0699. The van der Waals surface area contributed by atoms with Crippen LogP contribution in [0.3, 0.4) is 0 Å². The Hall–Kier alpha value is -5.28. The van der Waals surface area contributed by atoms with Crippen LogP contribution in [0, 0.1) is 10.1 Å². The van der Waals surface area contributed by atoms with Crippen molar-refractivity contribution < 1.29 is 37.1 Å². The number of anilines is 2. The van der Waals surface area contributed by atoms with E-state index in [0.717, 1.165) is 11.0 Å². The Labute approximate surface area is 269 Å². The second-order valence-electron chi connectivity index (χ2n) is 9.37. The molecule has 0 spiro atoms. The van der Waals surface area contributed by atoms with E-state index in [0.29, 0.717) is 23.7 Å². The van der Waals surface area contributed by atoms with Gasteiger partial charge in [-0.3, -0.25) is 19.7 Å². The first kappa shape index (κ1) is 33.6. The summed E-state index contributed by atoms with van der Waals surface area (Å²) in [4.78, 5) is 37.4. The van der Waals surface area contributed by atoms with Crippen molar-refractivity contribution in [3.63, 3.8) is 0 Å². The molecule has 0 aliphatic rings. The molecule has 0 fully saturated rings. The number of nitro benzene ring substituents is 1. The van der Waals surface area contributed by atoms with Crippen molar-refractivity contribution in [1.29, 1.82) is 0 Å². The minimum Gasteiger partial charge on any atom is -0.493 e. The lowest BCUT2D eigenvalue weighted by Gasteiger charge is -2.15. The first-order chi connectivity index (χ1) is 22.1. The number of ether oxygens (including phenoxy) is 3. The number of benzene rings is 4. The van der Waals surface area contributed by atoms with Crippen LogP contribution >= 0.6 is 11.8 Å². The molecule has 0 saturated heterocycles. The van der Waals surface area contributed by atoms with Crippen molar-refractivity contribution in [2.45, 2.75) is 9.79 Å². The molecule has 0 atom stereocenters. The number of amides is 2. The molecule has 15 heteroatoms. The molecule has 4 aromatic rings. The molecule has 0 aromatic heterocycles. The van der Waals surface area contributed by atoms with Gasteiger partial charge in [-0.25, -0.2) is 13.1 Å². The van der Waals surface area contributed by atoms with Gasteiger partial charge >= 0.3 is 0 Å². The van der Waals surface area contributed by atoms with E-state index in [-0.39, 0.29) is 28.3 Å². The molecule has 0 heterocycles. The third-order valence-electron chi connectivity index (χ3n) is 6.49. The second-order valence-corrected chi connectivity index (χ2v) is 12.2. The van der Waals surface area contributed by atoms with Crippen molar-refractivity contribution in [3.05, 3.63) is 106 Å². The van der Waals surface area contributed by atoms with Crippen molar-refractivity contribution in [2.75, 3.05) is 44.3 Å². The van der Waals surface area contributed by atoms with Gasteiger partial charge in [0.05, 0.1) is 36.7 Å². The largest absolute Gasteiger partial charge is 0.493 e. The van der Waals surface area contributed by atoms with E-state index < -0.39 is 37.3 Å². The minimum atomic E-state index is -4.47. The number of thioether (sulfide) groups is 1. The highest BCUT2D eigenvalue weighted by Gasteiger charge is 2.24. The zero-order valence-electron chi connectivity index (χ0n) is 24.9. The summed E-state index contributed by atoms with van der Waals surface area (Å²) in [7, 11) is -0.225. The third kappa shape index (κ3) is 8.05. The third-order valence-corrected chi connectivity index (χ3v) is 8.83. The Bertz CT molecular complexity index is 1840. The maximum Gasteiger partial charge on any atom is 0.293 e. The molecule has 240 valence electrons. The molecule has 0 aliphatic carbocycles. The number of hydrogen-bond donors (Lipinski definition) is 3. The molecule has 0 bridgehead atoms. The summed E-state index contributed by atoms with van der Waals surface area (Å²) in [5, 5.41) is 17.4. The molecular weight excluding hydrogens is 636 g/mol. The predicted octanol–water partition coefficient (Wildman–Crippen LogP) is 5.20. The van der Waals surface area contributed by atoms with Crippen LogP contribution in [0.15, 0.2) is 94.7 Å². The van der Waals surface area contributed by atoms with Crippen LogP contribution < -0.4 is 29.6 Å². The van der Waals surface area contributed by atoms with Crippen LogP contribution in [-0.2, 0) is 10.0 Å². The van der Waals surface area contributed by atoms with Gasteiger partial charge in [0.25, 0.3) is 27.5 Å². The van der Waals surface area contributed by atoms with Crippen molar-refractivity contribution in [1.82, 2.24) is 4.72 Å². The van der Waals surface area contributed by atoms with Crippen LogP contribution in [0.25, 0.3) is 0 Å². The molecule has 13 nitrogen and oxygen atoms in total. The number of sulfonamides is 1. The van der Waals surface area contributed by atoms with Crippen molar-refractivity contribution >= 4 is 50.7 Å². The Kier molecular flexibility index (Phi) is 11.1. The van der Waals surface area contributed by atoms with E-state index in [2.05, 4.69) is 10.6 Å². The lowest BCUT2D eigenvalue weighted by atomic mass is 10.1. The van der Waals surface area contributed by atoms with Gasteiger partial charge < -0.3 is 24.8 Å². The Morgan fingerprint density at radius 2 is 1.54 bits per heavy atom. The molecule has 2 amide bonds. The van der Waals surface area contributed by atoms with E-state index in [9.17, 15) is 28.1 Å². The number of hydrogen-bond acceptors (Lipinski definition) is 11.